The SMILES string of the molecule is COc1c(Cl)ccc(C(=O)C(=O)O)c1OC. The number of ether oxygens (including phenoxy) is 2. The number of hydrogen-bond donors (Lipinski definition) is 1. The van der Waals surface area contributed by atoms with E-state index < -0.39 is 11.8 Å². The van der Waals surface area contributed by atoms with Crippen LogP contribution in [0.3, 0.4) is 0 Å². The van der Waals surface area contributed by atoms with E-state index in [4.69, 9.17) is 26.2 Å². The predicted molar refractivity (Wildman–Crippen MR) is 56.5 cm³/mol. The van der Waals surface area contributed by atoms with Crippen LogP contribution in [0.25, 0.3) is 0 Å². The molecule has 0 fully saturated rings. The minimum absolute atomic E-state index is 0.0161. The van der Waals surface area contributed by atoms with Crippen molar-refractivity contribution in [3.8, 4) is 11.5 Å². The van der Waals surface area contributed by atoms with Gasteiger partial charge in [-0.2, -0.15) is 0 Å². The van der Waals surface area contributed by atoms with Crippen molar-refractivity contribution in [1.82, 2.24) is 0 Å². The molecule has 5 nitrogen and oxygen atoms in total. The molecular formula is C10H9ClO5. The Labute approximate surface area is 96.5 Å². The molecule has 0 radical (unpaired) electrons. The van der Waals surface area contributed by atoms with Crippen molar-refractivity contribution in [2.45, 2.75) is 0 Å². The van der Waals surface area contributed by atoms with Gasteiger partial charge in [-0.3, -0.25) is 4.79 Å². The Morgan fingerprint density at radius 1 is 1.19 bits per heavy atom. The molecule has 86 valence electrons. The number of hydrogen-bond acceptors (Lipinski definition) is 4. The van der Waals surface area contributed by atoms with Crippen LogP contribution < -0.4 is 9.47 Å². The largest absolute Gasteiger partial charge is 0.492 e. The van der Waals surface area contributed by atoms with Gasteiger partial charge in [-0.25, -0.2) is 4.79 Å². The summed E-state index contributed by atoms with van der Waals surface area (Å²) in [4.78, 5) is 21.9. The average Bonchev–Trinajstić information content (AvgIpc) is 2.27. The highest BCUT2D eigenvalue weighted by Crippen LogP contribution is 2.37. The molecule has 0 heterocycles. The molecule has 16 heavy (non-hydrogen) atoms. The number of methoxy groups -OCH3 is 2. The highest BCUT2D eigenvalue weighted by Gasteiger charge is 2.23. The quantitative estimate of drug-likeness (QED) is 0.644. The van der Waals surface area contributed by atoms with E-state index in [1.807, 2.05) is 0 Å². The molecule has 0 aliphatic carbocycles. The summed E-state index contributed by atoms with van der Waals surface area (Å²) < 4.78 is 9.86. The summed E-state index contributed by atoms with van der Waals surface area (Å²) in [6.07, 6.45) is 0. The fourth-order valence-corrected chi connectivity index (χ4v) is 1.45. The first kappa shape index (κ1) is 12.3. The zero-order chi connectivity index (χ0) is 12.3. The molecule has 0 amide bonds. The third kappa shape index (κ3) is 2.09. The van der Waals surface area contributed by atoms with Crippen LogP contribution in [0, 0.1) is 0 Å². The van der Waals surface area contributed by atoms with Gasteiger partial charge in [0.05, 0.1) is 24.8 Å². The molecule has 1 aromatic carbocycles. The minimum atomic E-state index is -1.57. The van der Waals surface area contributed by atoms with Crippen molar-refractivity contribution in [2.75, 3.05) is 14.2 Å². The van der Waals surface area contributed by atoms with Gasteiger partial charge < -0.3 is 14.6 Å². The van der Waals surface area contributed by atoms with Crippen LogP contribution in [0.15, 0.2) is 12.1 Å². The molecule has 0 bridgehead atoms. The Hall–Kier alpha value is -1.75. The summed E-state index contributed by atoms with van der Waals surface area (Å²) in [6, 6.07) is 2.65. The van der Waals surface area contributed by atoms with Gasteiger partial charge in [0, 0.05) is 0 Å². The number of ketones is 1. The van der Waals surface area contributed by atoms with Crippen LogP contribution in [0.4, 0.5) is 0 Å². The molecule has 0 atom stereocenters. The Balaban J connectivity index is 3.41. The summed E-state index contributed by atoms with van der Waals surface area (Å²) in [5.74, 6) is -2.49. The van der Waals surface area contributed by atoms with E-state index >= 15 is 0 Å². The van der Waals surface area contributed by atoms with Crippen LogP contribution >= 0.6 is 11.6 Å². The van der Waals surface area contributed by atoms with Gasteiger partial charge in [-0.05, 0) is 12.1 Å². The first-order valence-electron chi connectivity index (χ1n) is 4.21. The fourth-order valence-electron chi connectivity index (χ4n) is 1.23. The van der Waals surface area contributed by atoms with E-state index in [1.54, 1.807) is 0 Å². The van der Waals surface area contributed by atoms with E-state index in [0.29, 0.717) is 0 Å². The lowest BCUT2D eigenvalue weighted by molar-refractivity contribution is -0.131. The van der Waals surface area contributed by atoms with Crippen molar-refractivity contribution in [3.05, 3.63) is 22.7 Å². The number of aliphatic carboxylic acids is 1. The van der Waals surface area contributed by atoms with Gasteiger partial charge in [0.15, 0.2) is 11.5 Å². The number of rotatable bonds is 4. The smallest absolute Gasteiger partial charge is 0.377 e. The zero-order valence-electron chi connectivity index (χ0n) is 8.61. The van der Waals surface area contributed by atoms with Gasteiger partial charge in [-0.1, -0.05) is 11.6 Å². The lowest BCUT2D eigenvalue weighted by Crippen LogP contribution is -2.14. The lowest BCUT2D eigenvalue weighted by atomic mass is 10.1. The number of carboxylic acid groups (broad SMARTS) is 1. The van der Waals surface area contributed by atoms with Crippen molar-refractivity contribution < 1.29 is 24.2 Å². The molecule has 1 aromatic rings. The zero-order valence-corrected chi connectivity index (χ0v) is 9.37. The van der Waals surface area contributed by atoms with E-state index in [-0.39, 0.29) is 22.1 Å². The number of halogens is 1. The van der Waals surface area contributed by atoms with Crippen LogP contribution in [-0.2, 0) is 4.79 Å². The molecule has 0 unspecified atom stereocenters. The highest BCUT2D eigenvalue weighted by atomic mass is 35.5. The van der Waals surface area contributed by atoms with Gasteiger partial charge >= 0.3 is 5.97 Å². The molecule has 0 saturated heterocycles. The van der Waals surface area contributed by atoms with Crippen molar-refractivity contribution in [3.63, 3.8) is 0 Å². The van der Waals surface area contributed by atoms with Crippen molar-refractivity contribution in [1.29, 1.82) is 0 Å². The van der Waals surface area contributed by atoms with Crippen LogP contribution in [0.5, 0.6) is 11.5 Å². The van der Waals surface area contributed by atoms with Gasteiger partial charge in [0.1, 0.15) is 0 Å². The molecule has 0 aliphatic rings. The summed E-state index contributed by atoms with van der Waals surface area (Å²) >= 11 is 5.80. The van der Waals surface area contributed by atoms with Crippen molar-refractivity contribution in [2.24, 2.45) is 0 Å². The van der Waals surface area contributed by atoms with Crippen LogP contribution in [-0.4, -0.2) is 31.1 Å². The highest BCUT2D eigenvalue weighted by molar-refractivity contribution is 6.41. The topological polar surface area (TPSA) is 72.8 Å². The third-order valence-electron chi connectivity index (χ3n) is 1.91. The second-order valence-electron chi connectivity index (χ2n) is 2.80. The Morgan fingerprint density at radius 2 is 1.75 bits per heavy atom. The molecular weight excluding hydrogens is 236 g/mol. The molecule has 0 saturated carbocycles. The summed E-state index contributed by atoms with van der Waals surface area (Å²) in [7, 11) is 2.64. The van der Waals surface area contributed by atoms with Gasteiger partial charge in [0.2, 0.25) is 0 Å². The number of Topliss-reactive ketones (excluding diaryl/α,β-unsaturated/α-hetero) is 1. The Kier molecular flexibility index (Phi) is 3.73. The average molecular weight is 245 g/mol. The first-order valence-corrected chi connectivity index (χ1v) is 4.58. The van der Waals surface area contributed by atoms with E-state index in [9.17, 15) is 9.59 Å². The van der Waals surface area contributed by atoms with E-state index in [1.165, 1.54) is 26.4 Å². The Bertz CT molecular complexity index is 441. The van der Waals surface area contributed by atoms with Crippen LogP contribution in [0.1, 0.15) is 10.4 Å². The monoisotopic (exact) mass is 244 g/mol. The van der Waals surface area contributed by atoms with Crippen molar-refractivity contribution >= 4 is 23.4 Å². The second-order valence-corrected chi connectivity index (χ2v) is 3.20. The predicted octanol–water partition coefficient (Wildman–Crippen LogP) is 1.62. The molecule has 0 spiro atoms. The van der Waals surface area contributed by atoms with E-state index in [0.717, 1.165) is 0 Å². The molecule has 1 N–H and O–H groups in total. The maximum absolute atomic E-state index is 11.3. The summed E-state index contributed by atoms with van der Waals surface area (Å²) in [5.41, 5.74) is -0.101. The molecule has 0 aromatic heterocycles. The first-order chi connectivity index (χ1) is 7.52. The number of carbonyl (C=O) groups is 2. The molecule has 6 heteroatoms. The molecule has 0 aliphatic heterocycles. The number of carbonyl (C=O) groups excluding carboxylic acids is 1. The second kappa shape index (κ2) is 4.85. The van der Waals surface area contributed by atoms with Crippen LogP contribution in [0.2, 0.25) is 5.02 Å². The molecule has 1 rings (SSSR count). The van der Waals surface area contributed by atoms with Gasteiger partial charge in [-0.15, -0.1) is 0 Å². The summed E-state index contributed by atoms with van der Waals surface area (Å²) in [5, 5.41) is 8.85. The summed E-state index contributed by atoms with van der Waals surface area (Å²) in [6.45, 7) is 0. The van der Waals surface area contributed by atoms with Gasteiger partial charge in [0.25, 0.3) is 5.78 Å². The minimum Gasteiger partial charge on any atom is -0.492 e. The van der Waals surface area contributed by atoms with E-state index in [2.05, 4.69) is 0 Å². The normalized spacial score (nSPS) is 9.69. The maximum Gasteiger partial charge on any atom is 0.377 e. The number of benzene rings is 1. The lowest BCUT2D eigenvalue weighted by Gasteiger charge is -2.11. The maximum atomic E-state index is 11.3. The third-order valence-corrected chi connectivity index (χ3v) is 2.21. The fraction of sp³-hybridized carbons (Fsp3) is 0.200. The Morgan fingerprint density at radius 3 is 2.19 bits per heavy atom. The standard InChI is InChI=1S/C10H9ClO5/c1-15-8-5(7(12)10(13)14)3-4-6(11)9(8)16-2/h3-4H,1-2H3,(H,13,14). The number of carboxylic acids is 1.